The molecule has 0 saturated heterocycles. The summed E-state index contributed by atoms with van der Waals surface area (Å²) in [6.45, 7) is 5.29. The Balaban J connectivity index is 2.68. The molecule has 0 saturated carbocycles. The Kier molecular flexibility index (Phi) is 5.54. The number of H-pyrrole nitrogens is 1. The fraction of sp³-hybridized carbons (Fsp3) is 0.615. The highest BCUT2D eigenvalue weighted by atomic mass is 16.4. The average molecular weight is 282 g/mol. The standard InChI is InChI=1S/C13H22N4O3/c1-4-6-13(3,11(18)19)17-12(20)16-9(5-2)10-14-7-8-15-10/h7-9H,4-6H2,1-3H3,(H,14,15)(H,18,19)(H2,16,17,20). The van der Waals surface area contributed by atoms with Crippen LogP contribution in [0.2, 0.25) is 0 Å². The Hall–Kier alpha value is -2.05. The third-order valence-corrected chi connectivity index (χ3v) is 3.17. The zero-order valence-electron chi connectivity index (χ0n) is 12.1. The van der Waals surface area contributed by atoms with E-state index in [1.807, 2.05) is 13.8 Å². The van der Waals surface area contributed by atoms with Gasteiger partial charge in [0, 0.05) is 12.4 Å². The molecule has 1 aromatic heterocycles. The number of imidazole rings is 1. The van der Waals surface area contributed by atoms with Crippen LogP contribution in [0.4, 0.5) is 4.79 Å². The summed E-state index contributed by atoms with van der Waals surface area (Å²) >= 11 is 0. The van der Waals surface area contributed by atoms with Crippen molar-refractivity contribution in [2.75, 3.05) is 0 Å². The van der Waals surface area contributed by atoms with Crippen LogP contribution in [0.1, 0.15) is 51.9 Å². The molecule has 1 heterocycles. The molecule has 0 aromatic carbocycles. The van der Waals surface area contributed by atoms with Crippen molar-refractivity contribution < 1.29 is 14.7 Å². The molecule has 1 rings (SSSR count). The van der Waals surface area contributed by atoms with Gasteiger partial charge < -0.3 is 20.7 Å². The molecule has 2 amide bonds. The molecular weight excluding hydrogens is 260 g/mol. The lowest BCUT2D eigenvalue weighted by molar-refractivity contribution is -0.144. The van der Waals surface area contributed by atoms with Crippen molar-refractivity contribution in [2.24, 2.45) is 0 Å². The maximum Gasteiger partial charge on any atom is 0.329 e. The van der Waals surface area contributed by atoms with E-state index >= 15 is 0 Å². The summed E-state index contributed by atoms with van der Waals surface area (Å²) in [6.07, 6.45) is 4.97. The fourth-order valence-corrected chi connectivity index (χ4v) is 2.00. The highest BCUT2D eigenvalue weighted by molar-refractivity contribution is 5.85. The molecule has 0 radical (unpaired) electrons. The van der Waals surface area contributed by atoms with Gasteiger partial charge in [-0.05, 0) is 19.8 Å². The van der Waals surface area contributed by atoms with Crippen molar-refractivity contribution in [1.82, 2.24) is 20.6 Å². The number of amides is 2. The lowest BCUT2D eigenvalue weighted by atomic mass is 9.96. The number of aliphatic carboxylic acids is 1. The number of carbonyl (C=O) groups is 2. The summed E-state index contributed by atoms with van der Waals surface area (Å²) in [5, 5.41) is 14.5. The number of aromatic amines is 1. The first-order chi connectivity index (χ1) is 9.42. The predicted octanol–water partition coefficient (Wildman–Crippen LogP) is 1.80. The van der Waals surface area contributed by atoms with E-state index in [0.29, 0.717) is 25.1 Å². The van der Waals surface area contributed by atoms with Crippen LogP contribution in [0.25, 0.3) is 0 Å². The first-order valence-corrected chi connectivity index (χ1v) is 6.74. The maximum atomic E-state index is 12.0. The largest absolute Gasteiger partial charge is 0.480 e. The lowest BCUT2D eigenvalue weighted by Crippen LogP contribution is -2.55. The number of aromatic nitrogens is 2. The Morgan fingerprint density at radius 2 is 2.20 bits per heavy atom. The van der Waals surface area contributed by atoms with Gasteiger partial charge in [-0.3, -0.25) is 0 Å². The van der Waals surface area contributed by atoms with Crippen LogP contribution in [-0.4, -0.2) is 32.6 Å². The average Bonchev–Trinajstić information content (AvgIpc) is 2.89. The fourth-order valence-electron chi connectivity index (χ4n) is 2.00. The molecule has 4 N–H and O–H groups in total. The van der Waals surface area contributed by atoms with E-state index in [1.165, 1.54) is 6.92 Å². The van der Waals surface area contributed by atoms with Crippen LogP contribution in [0.5, 0.6) is 0 Å². The van der Waals surface area contributed by atoms with Gasteiger partial charge in [-0.1, -0.05) is 20.3 Å². The molecule has 0 aliphatic carbocycles. The summed E-state index contributed by atoms with van der Waals surface area (Å²) in [6, 6.07) is -0.781. The van der Waals surface area contributed by atoms with Crippen molar-refractivity contribution >= 4 is 12.0 Å². The van der Waals surface area contributed by atoms with Crippen LogP contribution < -0.4 is 10.6 Å². The number of rotatable bonds is 7. The van der Waals surface area contributed by atoms with Gasteiger partial charge in [-0.15, -0.1) is 0 Å². The highest BCUT2D eigenvalue weighted by Crippen LogP contribution is 2.14. The lowest BCUT2D eigenvalue weighted by Gasteiger charge is -2.27. The number of carbonyl (C=O) groups excluding carboxylic acids is 1. The number of urea groups is 1. The first kappa shape index (κ1) is 16.0. The van der Waals surface area contributed by atoms with Crippen LogP contribution in [0.15, 0.2) is 12.4 Å². The Labute approximate surface area is 118 Å². The number of hydrogen-bond donors (Lipinski definition) is 4. The second kappa shape index (κ2) is 6.93. The summed E-state index contributed by atoms with van der Waals surface area (Å²) in [5.74, 6) is -0.393. The van der Waals surface area contributed by atoms with Gasteiger partial charge in [-0.2, -0.15) is 0 Å². The minimum atomic E-state index is -1.26. The summed E-state index contributed by atoms with van der Waals surface area (Å²) in [5.41, 5.74) is -1.26. The van der Waals surface area contributed by atoms with Gasteiger partial charge in [0.1, 0.15) is 11.4 Å². The summed E-state index contributed by atoms with van der Waals surface area (Å²) in [4.78, 5) is 30.3. The van der Waals surface area contributed by atoms with Crippen molar-refractivity contribution in [1.29, 1.82) is 0 Å². The zero-order valence-corrected chi connectivity index (χ0v) is 12.1. The summed E-state index contributed by atoms with van der Waals surface area (Å²) in [7, 11) is 0. The van der Waals surface area contributed by atoms with Gasteiger partial charge >= 0.3 is 12.0 Å². The van der Waals surface area contributed by atoms with Gasteiger partial charge in [0.2, 0.25) is 0 Å². The monoisotopic (exact) mass is 282 g/mol. The van der Waals surface area contributed by atoms with Crippen molar-refractivity contribution in [3.63, 3.8) is 0 Å². The van der Waals surface area contributed by atoms with Crippen molar-refractivity contribution in [3.8, 4) is 0 Å². The van der Waals surface area contributed by atoms with E-state index in [4.69, 9.17) is 0 Å². The molecule has 112 valence electrons. The number of hydrogen-bond acceptors (Lipinski definition) is 3. The highest BCUT2D eigenvalue weighted by Gasteiger charge is 2.34. The quantitative estimate of drug-likeness (QED) is 0.611. The van der Waals surface area contributed by atoms with Gasteiger partial charge in [0.05, 0.1) is 6.04 Å². The number of nitrogens with zero attached hydrogens (tertiary/aromatic N) is 1. The molecular formula is C13H22N4O3. The van der Waals surface area contributed by atoms with Crippen molar-refractivity contribution in [2.45, 2.75) is 51.6 Å². The van der Waals surface area contributed by atoms with Crippen LogP contribution in [-0.2, 0) is 4.79 Å². The zero-order chi connectivity index (χ0) is 15.2. The third-order valence-electron chi connectivity index (χ3n) is 3.17. The van der Waals surface area contributed by atoms with E-state index < -0.39 is 17.5 Å². The SMILES string of the molecule is CCCC(C)(NC(=O)NC(CC)c1ncc[nH]1)C(=O)O. The Morgan fingerprint density at radius 3 is 2.65 bits per heavy atom. The van der Waals surface area contributed by atoms with Crippen LogP contribution in [0.3, 0.4) is 0 Å². The second-order valence-corrected chi connectivity index (χ2v) is 4.92. The molecule has 7 nitrogen and oxygen atoms in total. The molecule has 0 spiro atoms. The smallest absolute Gasteiger partial charge is 0.329 e. The van der Waals surface area contributed by atoms with Gasteiger partial charge in [0.25, 0.3) is 0 Å². The van der Waals surface area contributed by atoms with E-state index in [0.717, 1.165) is 0 Å². The second-order valence-electron chi connectivity index (χ2n) is 4.92. The van der Waals surface area contributed by atoms with Crippen molar-refractivity contribution in [3.05, 3.63) is 18.2 Å². The third kappa shape index (κ3) is 3.97. The number of nitrogens with one attached hydrogen (secondary N) is 3. The Morgan fingerprint density at radius 1 is 1.50 bits per heavy atom. The minimum absolute atomic E-state index is 0.273. The first-order valence-electron chi connectivity index (χ1n) is 6.74. The van der Waals surface area contributed by atoms with Crippen LogP contribution >= 0.6 is 0 Å². The minimum Gasteiger partial charge on any atom is -0.480 e. The van der Waals surface area contributed by atoms with E-state index in [1.54, 1.807) is 12.4 Å². The van der Waals surface area contributed by atoms with Gasteiger partial charge in [-0.25, -0.2) is 14.6 Å². The molecule has 20 heavy (non-hydrogen) atoms. The topological polar surface area (TPSA) is 107 Å². The molecule has 2 atom stereocenters. The maximum absolute atomic E-state index is 12.0. The van der Waals surface area contributed by atoms with Gasteiger partial charge in [0.15, 0.2) is 0 Å². The molecule has 0 bridgehead atoms. The normalized spacial score (nSPS) is 15.2. The molecule has 0 fully saturated rings. The van der Waals surface area contributed by atoms with E-state index in [2.05, 4.69) is 20.6 Å². The molecule has 0 aliphatic heterocycles. The predicted molar refractivity (Wildman–Crippen MR) is 74.2 cm³/mol. The molecule has 1 aromatic rings. The summed E-state index contributed by atoms with van der Waals surface area (Å²) < 4.78 is 0. The molecule has 0 aliphatic rings. The van der Waals surface area contributed by atoms with E-state index in [9.17, 15) is 14.7 Å². The number of carboxylic acids is 1. The van der Waals surface area contributed by atoms with Crippen LogP contribution in [0, 0.1) is 0 Å². The van der Waals surface area contributed by atoms with E-state index in [-0.39, 0.29) is 6.04 Å². The Bertz CT molecular complexity index is 446. The molecule has 2 unspecified atom stereocenters. The molecule has 7 heteroatoms. The number of carboxylic acid groups (broad SMARTS) is 1.